The van der Waals surface area contributed by atoms with E-state index in [2.05, 4.69) is 0 Å². The number of hydrogen-bond acceptors (Lipinski definition) is 4. The summed E-state index contributed by atoms with van der Waals surface area (Å²) in [6.07, 6.45) is 9.46. The van der Waals surface area contributed by atoms with Gasteiger partial charge in [0.25, 0.3) is 0 Å². The zero-order chi connectivity index (χ0) is 16.9. The lowest BCUT2D eigenvalue weighted by atomic mass is 9.77. The van der Waals surface area contributed by atoms with Crippen LogP contribution in [0.3, 0.4) is 0 Å². The highest BCUT2D eigenvalue weighted by molar-refractivity contribution is 5.91. The molecule has 132 valence electrons. The molecule has 0 N–H and O–H groups in total. The second kappa shape index (κ2) is 5.87. The molecule has 0 aromatic carbocycles. The summed E-state index contributed by atoms with van der Waals surface area (Å²) >= 11 is 0. The van der Waals surface area contributed by atoms with Crippen molar-refractivity contribution >= 4 is 11.9 Å². The first kappa shape index (κ1) is 16.1. The summed E-state index contributed by atoms with van der Waals surface area (Å²) in [7, 11) is 0. The molecule has 5 heteroatoms. The van der Waals surface area contributed by atoms with Gasteiger partial charge in [0.15, 0.2) is 0 Å². The number of ether oxygens (including phenoxy) is 2. The average Bonchev–Trinajstić information content (AvgIpc) is 3.22. The predicted octanol–water partition coefficient (Wildman–Crippen LogP) is 2.30. The summed E-state index contributed by atoms with van der Waals surface area (Å²) in [6.45, 7) is 5.02. The van der Waals surface area contributed by atoms with Crippen LogP contribution >= 0.6 is 0 Å². The van der Waals surface area contributed by atoms with E-state index in [0.717, 1.165) is 12.8 Å². The van der Waals surface area contributed by atoms with Crippen molar-refractivity contribution in [2.75, 3.05) is 13.2 Å². The molecule has 4 aliphatic rings. The third kappa shape index (κ3) is 2.40. The molecule has 0 unspecified atom stereocenters. The molecule has 1 aliphatic carbocycles. The fraction of sp³-hybridized carbons (Fsp3) is 0.789. The van der Waals surface area contributed by atoms with Crippen LogP contribution in [0.2, 0.25) is 0 Å². The van der Waals surface area contributed by atoms with E-state index in [1.54, 1.807) is 0 Å². The smallest absolute Gasteiger partial charge is 0.312 e. The Hall–Kier alpha value is -1.36. The summed E-state index contributed by atoms with van der Waals surface area (Å²) < 4.78 is 11.6. The molecule has 1 saturated carbocycles. The number of hydrogen-bond donors (Lipinski definition) is 0. The Morgan fingerprint density at radius 2 is 2.12 bits per heavy atom. The van der Waals surface area contributed by atoms with Crippen molar-refractivity contribution in [3.05, 3.63) is 12.2 Å². The largest absolute Gasteiger partial charge is 0.465 e. The number of carbonyl (C=O) groups excluding carboxylic acids is 2. The van der Waals surface area contributed by atoms with Crippen LogP contribution in [-0.2, 0) is 19.1 Å². The summed E-state index contributed by atoms with van der Waals surface area (Å²) in [6, 6.07) is 0.314. The van der Waals surface area contributed by atoms with Gasteiger partial charge < -0.3 is 14.4 Å². The molecule has 0 radical (unpaired) electrons. The first-order chi connectivity index (χ1) is 11.5. The van der Waals surface area contributed by atoms with Gasteiger partial charge in [-0.15, -0.1) is 0 Å². The lowest BCUT2D eigenvalue weighted by Crippen LogP contribution is -2.42. The second-order valence-corrected chi connectivity index (χ2v) is 8.18. The SMILES string of the molecule is CC(C)COC(=O)[C@@H]1[C@H]2C(=O)N(C3CCCCC3)C[C@@]23C=C[C@H]1O3. The van der Waals surface area contributed by atoms with E-state index >= 15 is 0 Å². The van der Waals surface area contributed by atoms with Crippen molar-refractivity contribution in [3.8, 4) is 0 Å². The van der Waals surface area contributed by atoms with E-state index in [4.69, 9.17) is 9.47 Å². The predicted molar refractivity (Wildman–Crippen MR) is 88.1 cm³/mol. The molecule has 0 aromatic heterocycles. The third-order valence-corrected chi connectivity index (χ3v) is 5.98. The van der Waals surface area contributed by atoms with Crippen LogP contribution in [0.5, 0.6) is 0 Å². The third-order valence-electron chi connectivity index (χ3n) is 5.98. The highest BCUT2D eigenvalue weighted by Gasteiger charge is 2.67. The average molecular weight is 333 g/mol. The maximum absolute atomic E-state index is 13.1. The zero-order valence-corrected chi connectivity index (χ0v) is 14.6. The van der Waals surface area contributed by atoms with Gasteiger partial charge in [0.2, 0.25) is 5.91 Å². The molecule has 24 heavy (non-hydrogen) atoms. The Morgan fingerprint density at radius 3 is 2.83 bits per heavy atom. The first-order valence-corrected chi connectivity index (χ1v) is 9.36. The van der Waals surface area contributed by atoms with Crippen LogP contribution < -0.4 is 0 Å². The number of nitrogens with zero attached hydrogens (tertiary/aromatic N) is 1. The van der Waals surface area contributed by atoms with Crippen LogP contribution in [0.25, 0.3) is 0 Å². The van der Waals surface area contributed by atoms with Crippen molar-refractivity contribution in [2.24, 2.45) is 17.8 Å². The minimum Gasteiger partial charge on any atom is -0.465 e. The first-order valence-electron chi connectivity index (χ1n) is 9.36. The van der Waals surface area contributed by atoms with Gasteiger partial charge in [-0.1, -0.05) is 45.3 Å². The number of rotatable bonds is 4. The highest BCUT2D eigenvalue weighted by Crippen LogP contribution is 2.53. The molecule has 2 bridgehead atoms. The monoisotopic (exact) mass is 333 g/mol. The summed E-state index contributed by atoms with van der Waals surface area (Å²) in [5.41, 5.74) is -0.597. The van der Waals surface area contributed by atoms with Gasteiger partial charge in [-0.2, -0.15) is 0 Å². The molecule has 1 spiro atoms. The van der Waals surface area contributed by atoms with E-state index in [1.807, 2.05) is 30.9 Å². The minimum absolute atomic E-state index is 0.0975. The molecular formula is C19H27NO4. The van der Waals surface area contributed by atoms with Crippen LogP contribution in [0.15, 0.2) is 12.2 Å². The molecule has 0 aromatic rings. The number of carbonyl (C=O) groups is 2. The Balaban J connectivity index is 1.54. The number of esters is 1. The van der Waals surface area contributed by atoms with Crippen LogP contribution in [0.4, 0.5) is 0 Å². The Kier molecular flexibility index (Phi) is 3.94. The molecule has 1 amide bonds. The molecular weight excluding hydrogens is 306 g/mol. The van der Waals surface area contributed by atoms with E-state index in [0.29, 0.717) is 19.2 Å². The maximum atomic E-state index is 13.1. The van der Waals surface area contributed by atoms with Crippen LogP contribution in [0, 0.1) is 17.8 Å². The van der Waals surface area contributed by atoms with Gasteiger partial charge in [0.1, 0.15) is 11.5 Å². The van der Waals surface area contributed by atoms with Gasteiger partial charge in [-0.25, -0.2) is 0 Å². The standard InChI is InChI=1S/C19H27NO4/c1-12(2)10-23-18(22)15-14-8-9-19(24-14)11-20(17(21)16(15)19)13-6-4-3-5-7-13/h8-9,12-16H,3-7,10-11H2,1-2H3/t14-,15+,16+,19+/m1/s1. The summed E-state index contributed by atoms with van der Waals surface area (Å²) in [5, 5.41) is 0. The van der Waals surface area contributed by atoms with Gasteiger partial charge in [0, 0.05) is 6.04 Å². The Labute approximate surface area is 143 Å². The van der Waals surface area contributed by atoms with E-state index in [-0.39, 0.29) is 23.9 Å². The molecule has 2 saturated heterocycles. The van der Waals surface area contributed by atoms with Crippen molar-refractivity contribution in [1.29, 1.82) is 0 Å². The summed E-state index contributed by atoms with van der Waals surface area (Å²) in [5.74, 6) is -0.760. The number of fused-ring (bicyclic) bond motifs is 1. The topological polar surface area (TPSA) is 55.8 Å². The van der Waals surface area contributed by atoms with E-state index < -0.39 is 17.4 Å². The fourth-order valence-corrected chi connectivity index (χ4v) is 4.84. The van der Waals surface area contributed by atoms with E-state index in [1.165, 1.54) is 19.3 Å². The molecule has 5 nitrogen and oxygen atoms in total. The quantitative estimate of drug-likeness (QED) is 0.585. The minimum atomic E-state index is -0.597. The Morgan fingerprint density at radius 1 is 1.38 bits per heavy atom. The normalized spacial score (nSPS) is 38.2. The number of amides is 1. The van der Waals surface area contributed by atoms with E-state index in [9.17, 15) is 9.59 Å². The van der Waals surface area contributed by atoms with Crippen molar-refractivity contribution in [1.82, 2.24) is 4.90 Å². The van der Waals surface area contributed by atoms with Gasteiger partial charge in [-0.05, 0) is 18.8 Å². The molecule has 3 aliphatic heterocycles. The van der Waals surface area contributed by atoms with Crippen molar-refractivity contribution < 1.29 is 19.1 Å². The van der Waals surface area contributed by atoms with Crippen molar-refractivity contribution in [3.63, 3.8) is 0 Å². The molecule has 3 fully saturated rings. The highest BCUT2D eigenvalue weighted by atomic mass is 16.6. The lowest BCUT2D eigenvalue weighted by Gasteiger charge is -2.32. The molecule has 4 rings (SSSR count). The summed E-state index contributed by atoms with van der Waals surface area (Å²) in [4.78, 5) is 27.7. The van der Waals surface area contributed by atoms with Crippen molar-refractivity contribution in [2.45, 2.75) is 63.7 Å². The molecule has 4 atom stereocenters. The van der Waals surface area contributed by atoms with Gasteiger partial charge in [0.05, 0.1) is 25.2 Å². The second-order valence-electron chi connectivity index (χ2n) is 8.18. The fourth-order valence-electron chi connectivity index (χ4n) is 4.84. The van der Waals surface area contributed by atoms with Crippen LogP contribution in [0.1, 0.15) is 46.0 Å². The maximum Gasteiger partial charge on any atom is 0.312 e. The van der Waals surface area contributed by atoms with Gasteiger partial charge >= 0.3 is 5.97 Å². The Bertz CT molecular complexity index is 566. The lowest BCUT2D eigenvalue weighted by molar-refractivity contribution is -0.155. The zero-order valence-electron chi connectivity index (χ0n) is 14.6. The van der Waals surface area contributed by atoms with Crippen LogP contribution in [-0.4, -0.2) is 47.7 Å². The molecule has 3 heterocycles. The van der Waals surface area contributed by atoms with Gasteiger partial charge in [-0.3, -0.25) is 9.59 Å². The number of likely N-dealkylation sites (tertiary alicyclic amines) is 1.